The van der Waals surface area contributed by atoms with E-state index in [1.165, 1.54) is 0 Å². The molecular formula is C15H24N4O3. The van der Waals surface area contributed by atoms with E-state index in [0.29, 0.717) is 13.0 Å². The Bertz CT molecular complexity index is 523. The minimum atomic E-state index is 0.0480. The van der Waals surface area contributed by atoms with Crippen molar-refractivity contribution in [2.45, 2.75) is 39.2 Å². The Hall–Kier alpha value is -1.47. The maximum atomic E-state index is 11.9. The van der Waals surface area contributed by atoms with Crippen LogP contribution in [0.3, 0.4) is 0 Å². The summed E-state index contributed by atoms with van der Waals surface area (Å²) in [5.41, 5.74) is 2.01. The summed E-state index contributed by atoms with van der Waals surface area (Å²) in [6, 6.07) is 0. The Labute approximate surface area is 130 Å². The highest BCUT2D eigenvalue weighted by atomic mass is 16.6. The Balaban J connectivity index is 1.56. The summed E-state index contributed by atoms with van der Waals surface area (Å²) in [5, 5.41) is 16.9. The highest BCUT2D eigenvalue weighted by Crippen LogP contribution is 2.40. The van der Waals surface area contributed by atoms with Crippen molar-refractivity contribution in [2.75, 3.05) is 32.8 Å². The number of hydrogen-bond donors (Lipinski definition) is 1. The number of aliphatic hydroxyl groups excluding tert-OH is 1. The number of β-amino-alcohol motifs (C(OH)–C–C–N with tert-alkyl or cyclic N) is 1. The Morgan fingerprint density at radius 1 is 1.27 bits per heavy atom. The molecule has 0 atom stereocenters. The SMILES string of the molecule is Cc1nonc1CN1CCC2(CCC(=O)N(CCO)C2)CC1. The van der Waals surface area contributed by atoms with E-state index in [4.69, 9.17) is 9.74 Å². The zero-order valence-electron chi connectivity index (χ0n) is 13.1. The summed E-state index contributed by atoms with van der Waals surface area (Å²) in [6.45, 7) is 6.02. The van der Waals surface area contributed by atoms with Gasteiger partial charge in [0.1, 0.15) is 11.4 Å². The van der Waals surface area contributed by atoms with Crippen LogP contribution in [0.1, 0.15) is 37.1 Å². The van der Waals surface area contributed by atoms with Gasteiger partial charge in [-0.15, -0.1) is 0 Å². The first-order chi connectivity index (χ1) is 10.6. The number of carbonyl (C=O) groups is 1. The summed E-state index contributed by atoms with van der Waals surface area (Å²) >= 11 is 0. The number of nitrogens with zero attached hydrogens (tertiary/aromatic N) is 4. The third-order valence-corrected chi connectivity index (χ3v) is 5.15. The molecule has 0 aromatic carbocycles. The van der Waals surface area contributed by atoms with Crippen LogP contribution < -0.4 is 0 Å². The van der Waals surface area contributed by atoms with Crippen molar-refractivity contribution in [3.05, 3.63) is 11.4 Å². The molecule has 2 aliphatic heterocycles. The van der Waals surface area contributed by atoms with Gasteiger partial charge in [-0.2, -0.15) is 0 Å². The lowest BCUT2D eigenvalue weighted by atomic mass is 9.72. The fourth-order valence-electron chi connectivity index (χ4n) is 3.63. The molecule has 1 spiro atoms. The molecule has 2 fully saturated rings. The van der Waals surface area contributed by atoms with Gasteiger partial charge in [0.2, 0.25) is 5.91 Å². The maximum Gasteiger partial charge on any atom is 0.222 e. The van der Waals surface area contributed by atoms with Gasteiger partial charge in [-0.25, -0.2) is 4.63 Å². The summed E-state index contributed by atoms with van der Waals surface area (Å²) in [4.78, 5) is 16.1. The van der Waals surface area contributed by atoms with E-state index in [2.05, 4.69) is 15.2 Å². The summed E-state index contributed by atoms with van der Waals surface area (Å²) in [6.07, 6.45) is 3.78. The number of aliphatic hydroxyl groups is 1. The van der Waals surface area contributed by atoms with E-state index in [1.54, 1.807) is 0 Å². The minimum absolute atomic E-state index is 0.0480. The number of aryl methyl sites for hydroxylation is 1. The molecule has 2 saturated heterocycles. The lowest BCUT2D eigenvalue weighted by Gasteiger charge is -2.47. The van der Waals surface area contributed by atoms with Crippen LogP contribution in [0.15, 0.2) is 4.63 Å². The summed E-state index contributed by atoms with van der Waals surface area (Å²) in [5.74, 6) is 0.186. The van der Waals surface area contributed by atoms with Crippen LogP contribution in [0, 0.1) is 12.3 Å². The van der Waals surface area contributed by atoms with Gasteiger partial charge in [0.05, 0.1) is 6.61 Å². The van der Waals surface area contributed by atoms with Gasteiger partial charge >= 0.3 is 0 Å². The minimum Gasteiger partial charge on any atom is -0.395 e. The summed E-state index contributed by atoms with van der Waals surface area (Å²) < 4.78 is 4.75. The van der Waals surface area contributed by atoms with E-state index < -0.39 is 0 Å². The van der Waals surface area contributed by atoms with Gasteiger partial charge < -0.3 is 10.0 Å². The zero-order valence-corrected chi connectivity index (χ0v) is 13.1. The van der Waals surface area contributed by atoms with Crippen molar-refractivity contribution in [3.8, 4) is 0 Å². The molecule has 1 aromatic rings. The normalized spacial score (nSPS) is 22.5. The first kappa shape index (κ1) is 15.4. The second-order valence-electron chi connectivity index (χ2n) is 6.61. The molecule has 3 heterocycles. The number of rotatable bonds is 4. The van der Waals surface area contributed by atoms with Gasteiger partial charge in [0, 0.05) is 26.1 Å². The van der Waals surface area contributed by atoms with E-state index in [1.807, 2.05) is 11.8 Å². The lowest BCUT2D eigenvalue weighted by molar-refractivity contribution is -0.139. The van der Waals surface area contributed by atoms with E-state index in [0.717, 1.165) is 56.8 Å². The average Bonchev–Trinajstić information content (AvgIpc) is 2.91. The fourth-order valence-corrected chi connectivity index (χ4v) is 3.63. The quantitative estimate of drug-likeness (QED) is 0.876. The number of amides is 1. The van der Waals surface area contributed by atoms with Crippen LogP contribution in [0.5, 0.6) is 0 Å². The molecule has 0 saturated carbocycles. The number of likely N-dealkylation sites (tertiary alicyclic amines) is 2. The van der Waals surface area contributed by atoms with Crippen molar-refractivity contribution in [3.63, 3.8) is 0 Å². The molecule has 1 amide bonds. The maximum absolute atomic E-state index is 11.9. The molecule has 7 heteroatoms. The molecule has 3 rings (SSSR count). The highest BCUT2D eigenvalue weighted by molar-refractivity contribution is 5.77. The van der Waals surface area contributed by atoms with Crippen LogP contribution >= 0.6 is 0 Å². The van der Waals surface area contributed by atoms with Crippen molar-refractivity contribution < 1.29 is 14.5 Å². The first-order valence-electron chi connectivity index (χ1n) is 8.01. The standard InChI is InChI=1S/C15H24N4O3/c1-12-13(17-22-16-12)10-18-6-4-15(5-7-18)3-2-14(21)19(11-15)8-9-20/h20H,2-11H2,1H3. The van der Waals surface area contributed by atoms with Gasteiger partial charge in [-0.05, 0) is 44.7 Å². The molecule has 1 aromatic heterocycles. The smallest absolute Gasteiger partial charge is 0.222 e. The largest absolute Gasteiger partial charge is 0.395 e. The third kappa shape index (κ3) is 3.15. The predicted molar refractivity (Wildman–Crippen MR) is 78.9 cm³/mol. The summed E-state index contributed by atoms with van der Waals surface area (Å²) in [7, 11) is 0. The molecule has 0 unspecified atom stereocenters. The average molecular weight is 308 g/mol. The Morgan fingerprint density at radius 3 is 2.68 bits per heavy atom. The van der Waals surface area contributed by atoms with Crippen LogP contribution in [0.4, 0.5) is 0 Å². The van der Waals surface area contributed by atoms with Crippen LogP contribution in [0.2, 0.25) is 0 Å². The molecule has 122 valence electrons. The van der Waals surface area contributed by atoms with Gasteiger partial charge in [0.25, 0.3) is 0 Å². The van der Waals surface area contributed by atoms with E-state index >= 15 is 0 Å². The molecule has 0 aliphatic carbocycles. The van der Waals surface area contributed by atoms with Crippen molar-refractivity contribution in [1.82, 2.24) is 20.1 Å². The predicted octanol–water partition coefficient (Wildman–Crippen LogP) is 0.575. The van der Waals surface area contributed by atoms with Crippen LogP contribution in [0.25, 0.3) is 0 Å². The number of piperidine rings is 2. The van der Waals surface area contributed by atoms with E-state index in [9.17, 15) is 4.79 Å². The van der Waals surface area contributed by atoms with Crippen LogP contribution in [-0.4, -0.2) is 63.9 Å². The molecular weight excluding hydrogens is 284 g/mol. The van der Waals surface area contributed by atoms with Crippen LogP contribution in [-0.2, 0) is 11.3 Å². The molecule has 7 nitrogen and oxygen atoms in total. The fraction of sp³-hybridized carbons (Fsp3) is 0.800. The lowest BCUT2D eigenvalue weighted by Crippen LogP contribution is -2.51. The Kier molecular flexibility index (Phi) is 4.44. The molecule has 0 bridgehead atoms. The molecule has 0 radical (unpaired) electrons. The van der Waals surface area contributed by atoms with Gasteiger partial charge in [0.15, 0.2) is 0 Å². The van der Waals surface area contributed by atoms with Crippen molar-refractivity contribution in [2.24, 2.45) is 5.41 Å². The van der Waals surface area contributed by atoms with E-state index in [-0.39, 0.29) is 17.9 Å². The first-order valence-corrected chi connectivity index (χ1v) is 8.01. The zero-order chi connectivity index (χ0) is 15.6. The topological polar surface area (TPSA) is 82.7 Å². The number of aromatic nitrogens is 2. The van der Waals surface area contributed by atoms with Gasteiger partial charge in [-0.3, -0.25) is 9.69 Å². The second kappa shape index (κ2) is 6.34. The second-order valence-corrected chi connectivity index (χ2v) is 6.61. The molecule has 22 heavy (non-hydrogen) atoms. The van der Waals surface area contributed by atoms with Gasteiger partial charge in [-0.1, -0.05) is 10.3 Å². The molecule has 1 N–H and O–H groups in total. The third-order valence-electron chi connectivity index (χ3n) is 5.15. The van der Waals surface area contributed by atoms with Crippen molar-refractivity contribution >= 4 is 5.91 Å². The highest BCUT2D eigenvalue weighted by Gasteiger charge is 2.40. The Morgan fingerprint density at radius 2 is 2.05 bits per heavy atom. The number of carbonyl (C=O) groups excluding carboxylic acids is 1. The number of hydrogen-bond acceptors (Lipinski definition) is 6. The monoisotopic (exact) mass is 308 g/mol. The molecule has 2 aliphatic rings. The van der Waals surface area contributed by atoms with Crippen molar-refractivity contribution in [1.29, 1.82) is 0 Å².